The maximum Gasteiger partial charge on any atom is 0.348 e. The van der Waals surface area contributed by atoms with Crippen molar-refractivity contribution in [2.45, 2.75) is 32.2 Å². The van der Waals surface area contributed by atoms with Gasteiger partial charge in [0.25, 0.3) is 0 Å². The first-order chi connectivity index (χ1) is 14.2. The van der Waals surface area contributed by atoms with E-state index in [4.69, 9.17) is 9.47 Å². The number of aromatic nitrogens is 2. The van der Waals surface area contributed by atoms with Crippen molar-refractivity contribution in [3.8, 4) is 22.8 Å². The number of nitrogens with zero attached hydrogens (tertiary/aromatic N) is 2. The molecular weight excluding hydrogens is 368 g/mol. The second-order valence-corrected chi connectivity index (χ2v) is 6.96. The molecule has 6 nitrogen and oxygen atoms in total. The lowest BCUT2D eigenvalue weighted by Gasteiger charge is -2.13. The number of carbonyl (C=O) groups excluding carboxylic acids is 1. The number of para-hydroxylation sites is 2. The Morgan fingerprint density at radius 3 is 2.59 bits per heavy atom. The Hall–Kier alpha value is -3.41. The van der Waals surface area contributed by atoms with E-state index in [1.165, 1.54) is 7.11 Å². The molecule has 4 rings (SSSR count). The van der Waals surface area contributed by atoms with Crippen LogP contribution >= 0.6 is 0 Å². The number of ether oxygens (including phenoxy) is 2. The van der Waals surface area contributed by atoms with E-state index in [1.54, 1.807) is 47.0 Å². The van der Waals surface area contributed by atoms with Gasteiger partial charge in [0.1, 0.15) is 17.1 Å². The number of aryl methyl sites for hydroxylation is 1. The zero-order chi connectivity index (χ0) is 20.2. The molecule has 1 aliphatic heterocycles. The standard InChI is InChI=1S/C23H22N2O4/c1-28-20-12-6-5-11-18(20)22(26)29-21-13-7-4-10-17(21)19-15-16-9-3-2-8-14-25(16)23(27)24-19/h4-7,10-13,15H,2-3,8-9,14H2,1H3. The molecule has 3 aromatic rings. The summed E-state index contributed by atoms with van der Waals surface area (Å²) in [5, 5.41) is 0. The fourth-order valence-electron chi connectivity index (χ4n) is 3.63. The van der Waals surface area contributed by atoms with Gasteiger partial charge < -0.3 is 9.47 Å². The van der Waals surface area contributed by atoms with Gasteiger partial charge in [-0.15, -0.1) is 0 Å². The van der Waals surface area contributed by atoms with Crippen LogP contribution in [0.25, 0.3) is 11.3 Å². The highest BCUT2D eigenvalue weighted by atomic mass is 16.5. The highest BCUT2D eigenvalue weighted by Gasteiger charge is 2.18. The van der Waals surface area contributed by atoms with E-state index in [9.17, 15) is 9.59 Å². The van der Waals surface area contributed by atoms with Gasteiger partial charge in [-0.25, -0.2) is 9.59 Å². The van der Waals surface area contributed by atoms with Gasteiger partial charge in [0.2, 0.25) is 0 Å². The molecule has 0 unspecified atom stereocenters. The van der Waals surface area contributed by atoms with Crippen LogP contribution in [0, 0.1) is 0 Å². The van der Waals surface area contributed by atoms with Crippen LogP contribution in [0.1, 0.15) is 35.3 Å². The summed E-state index contributed by atoms with van der Waals surface area (Å²) in [7, 11) is 1.51. The summed E-state index contributed by atoms with van der Waals surface area (Å²) >= 11 is 0. The highest BCUT2D eigenvalue weighted by Crippen LogP contribution is 2.30. The number of hydrogen-bond donors (Lipinski definition) is 0. The van der Waals surface area contributed by atoms with Crippen LogP contribution < -0.4 is 15.2 Å². The van der Waals surface area contributed by atoms with Crippen LogP contribution in [-0.2, 0) is 13.0 Å². The molecule has 2 aromatic carbocycles. The summed E-state index contributed by atoms with van der Waals surface area (Å²) in [6, 6.07) is 16.0. The lowest BCUT2D eigenvalue weighted by atomic mass is 10.1. The average Bonchev–Trinajstić information content (AvgIpc) is 3.00. The zero-order valence-electron chi connectivity index (χ0n) is 16.3. The monoisotopic (exact) mass is 390 g/mol. The van der Waals surface area contributed by atoms with E-state index >= 15 is 0 Å². The molecule has 29 heavy (non-hydrogen) atoms. The summed E-state index contributed by atoms with van der Waals surface area (Å²) < 4.78 is 12.7. The van der Waals surface area contributed by atoms with Crippen molar-refractivity contribution in [1.82, 2.24) is 9.55 Å². The van der Waals surface area contributed by atoms with Gasteiger partial charge in [0.15, 0.2) is 0 Å². The second-order valence-electron chi connectivity index (χ2n) is 6.96. The highest BCUT2D eigenvalue weighted by molar-refractivity contribution is 5.94. The molecule has 0 atom stereocenters. The van der Waals surface area contributed by atoms with E-state index in [0.717, 1.165) is 31.4 Å². The smallest absolute Gasteiger partial charge is 0.348 e. The fourth-order valence-corrected chi connectivity index (χ4v) is 3.63. The molecular formula is C23H22N2O4. The van der Waals surface area contributed by atoms with Gasteiger partial charge in [-0.1, -0.05) is 30.7 Å². The first-order valence-corrected chi connectivity index (χ1v) is 9.73. The Labute approximate surface area is 168 Å². The predicted molar refractivity (Wildman–Crippen MR) is 109 cm³/mol. The SMILES string of the molecule is COc1ccccc1C(=O)Oc1ccccc1-c1cc2n(c(=O)n1)CCCCC2. The number of esters is 1. The van der Waals surface area contributed by atoms with Gasteiger partial charge in [-0.2, -0.15) is 4.98 Å². The van der Waals surface area contributed by atoms with Crippen molar-refractivity contribution in [3.05, 3.63) is 76.3 Å². The number of hydrogen-bond acceptors (Lipinski definition) is 5. The molecule has 0 saturated carbocycles. The van der Waals surface area contributed by atoms with E-state index in [-0.39, 0.29) is 5.69 Å². The van der Waals surface area contributed by atoms with E-state index in [0.29, 0.717) is 34.9 Å². The molecule has 1 aromatic heterocycles. The molecule has 0 saturated heterocycles. The summed E-state index contributed by atoms with van der Waals surface area (Å²) in [5.74, 6) is 0.270. The lowest BCUT2D eigenvalue weighted by Crippen LogP contribution is -2.25. The predicted octanol–water partition coefficient (Wildman–Crippen LogP) is 3.86. The van der Waals surface area contributed by atoms with Gasteiger partial charge in [-0.05, 0) is 49.6 Å². The Balaban J connectivity index is 1.71. The van der Waals surface area contributed by atoms with Crippen molar-refractivity contribution < 1.29 is 14.3 Å². The number of fused-ring (bicyclic) bond motifs is 1. The minimum atomic E-state index is -0.526. The molecule has 1 aliphatic rings. The third-order valence-electron chi connectivity index (χ3n) is 5.10. The topological polar surface area (TPSA) is 70.4 Å². The minimum absolute atomic E-state index is 0.259. The number of rotatable bonds is 4. The van der Waals surface area contributed by atoms with Crippen LogP contribution in [0.5, 0.6) is 11.5 Å². The molecule has 0 radical (unpaired) electrons. The Morgan fingerprint density at radius 2 is 1.76 bits per heavy atom. The third kappa shape index (κ3) is 3.92. The molecule has 0 amide bonds. The molecule has 6 heteroatoms. The molecule has 0 bridgehead atoms. The normalized spacial score (nSPS) is 13.3. The number of methoxy groups -OCH3 is 1. The van der Waals surface area contributed by atoms with E-state index < -0.39 is 5.97 Å². The van der Waals surface area contributed by atoms with Gasteiger partial charge >= 0.3 is 11.7 Å². The van der Waals surface area contributed by atoms with Crippen molar-refractivity contribution in [2.75, 3.05) is 7.11 Å². The molecule has 0 fully saturated rings. The molecule has 148 valence electrons. The van der Waals surface area contributed by atoms with Crippen LogP contribution in [0.3, 0.4) is 0 Å². The average molecular weight is 390 g/mol. The van der Waals surface area contributed by atoms with Crippen LogP contribution in [-0.4, -0.2) is 22.6 Å². The number of benzene rings is 2. The molecule has 0 N–H and O–H groups in total. The van der Waals surface area contributed by atoms with Gasteiger partial charge in [0, 0.05) is 17.8 Å². The van der Waals surface area contributed by atoms with Gasteiger partial charge in [0.05, 0.1) is 12.8 Å². The molecule has 0 spiro atoms. The van der Waals surface area contributed by atoms with E-state index in [1.807, 2.05) is 12.1 Å². The molecule has 0 aliphatic carbocycles. The maximum atomic E-state index is 12.7. The van der Waals surface area contributed by atoms with Crippen LogP contribution in [0.15, 0.2) is 59.4 Å². The zero-order valence-corrected chi connectivity index (χ0v) is 16.3. The quantitative estimate of drug-likeness (QED) is 0.500. The number of carbonyl (C=O) groups is 1. The summed E-state index contributed by atoms with van der Waals surface area (Å²) in [4.78, 5) is 29.6. The summed E-state index contributed by atoms with van der Waals surface area (Å²) in [6.07, 6.45) is 3.98. The van der Waals surface area contributed by atoms with Crippen molar-refractivity contribution in [1.29, 1.82) is 0 Å². The summed E-state index contributed by atoms with van der Waals surface area (Å²) in [6.45, 7) is 0.700. The van der Waals surface area contributed by atoms with Crippen LogP contribution in [0.4, 0.5) is 0 Å². The Morgan fingerprint density at radius 1 is 1.00 bits per heavy atom. The maximum absolute atomic E-state index is 12.7. The van der Waals surface area contributed by atoms with E-state index in [2.05, 4.69) is 4.98 Å². The lowest BCUT2D eigenvalue weighted by molar-refractivity contribution is 0.0732. The molecule has 2 heterocycles. The van der Waals surface area contributed by atoms with Gasteiger partial charge in [-0.3, -0.25) is 4.57 Å². The first-order valence-electron chi connectivity index (χ1n) is 9.73. The second kappa shape index (κ2) is 8.31. The summed E-state index contributed by atoms with van der Waals surface area (Å²) in [5.41, 5.74) is 2.18. The minimum Gasteiger partial charge on any atom is -0.496 e. The van der Waals surface area contributed by atoms with Crippen molar-refractivity contribution in [3.63, 3.8) is 0 Å². The fraction of sp³-hybridized carbons (Fsp3) is 0.261. The first kappa shape index (κ1) is 18.9. The Bertz CT molecular complexity index is 1100. The third-order valence-corrected chi connectivity index (χ3v) is 5.10. The van der Waals surface area contributed by atoms with Crippen LogP contribution in [0.2, 0.25) is 0 Å². The Kier molecular flexibility index (Phi) is 5.42. The largest absolute Gasteiger partial charge is 0.496 e. The van der Waals surface area contributed by atoms with Crippen molar-refractivity contribution in [2.24, 2.45) is 0 Å². The van der Waals surface area contributed by atoms with Crippen molar-refractivity contribution >= 4 is 5.97 Å².